The van der Waals surface area contributed by atoms with Crippen LogP contribution in [-0.4, -0.2) is 30.6 Å². The van der Waals surface area contributed by atoms with E-state index >= 15 is 0 Å². The van der Waals surface area contributed by atoms with Crippen molar-refractivity contribution < 1.29 is 0 Å². The molecule has 0 aromatic heterocycles. The minimum absolute atomic E-state index is 0.401. The van der Waals surface area contributed by atoms with E-state index in [4.69, 9.17) is 5.73 Å². The smallest absolute Gasteiger partial charge is 0.0196 e. The van der Waals surface area contributed by atoms with E-state index in [0.717, 1.165) is 18.5 Å². The summed E-state index contributed by atoms with van der Waals surface area (Å²) in [5.41, 5.74) is 6.29. The summed E-state index contributed by atoms with van der Waals surface area (Å²) in [6, 6.07) is 1.12. The average molecular weight is 212 g/mol. The van der Waals surface area contributed by atoms with Crippen LogP contribution >= 0.6 is 0 Å². The molecule has 0 spiro atoms. The van der Waals surface area contributed by atoms with Gasteiger partial charge in [-0.15, -0.1) is 0 Å². The lowest BCUT2D eigenvalue weighted by Crippen LogP contribution is -2.43. The van der Waals surface area contributed by atoms with E-state index in [-0.39, 0.29) is 0 Å². The number of hydrogen-bond donors (Lipinski definition) is 1. The molecule has 1 atom stereocenters. The average Bonchev–Trinajstić information content (AvgIpc) is 2.72. The van der Waals surface area contributed by atoms with Crippen LogP contribution in [0, 0.1) is 5.92 Å². The van der Waals surface area contributed by atoms with Crippen molar-refractivity contribution in [2.45, 2.75) is 64.5 Å². The van der Waals surface area contributed by atoms with Crippen LogP contribution in [0.2, 0.25) is 0 Å². The molecule has 0 aromatic carbocycles. The maximum atomic E-state index is 6.29. The first-order chi connectivity index (χ1) is 7.19. The molecule has 1 unspecified atom stereocenters. The summed E-state index contributed by atoms with van der Waals surface area (Å²) in [6.45, 7) is 5.62. The Morgan fingerprint density at radius 3 is 2.20 bits per heavy atom. The summed E-state index contributed by atoms with van der Waals surface area (Å²) in [7, 11) is 2.23. The van der Waals surface area contributed by atoms with E-state index in [1.54, 1.807) is 0 Å². The highest BCUT2D eigenvalue weighted by atomic mass is 15.1. The molecule has 0 aromatic rings. The van der Waals surface area contributed by atoms with Crippen LogP contribution in [0.15, 0.2) is 0 Å². The third-order valence-electron chi connectivity index (χ3n) is 4.07. The second kappa shape index (κ2) is 6.49. The van der Waals surface area contributed by atoms with E-state index in [1.165, 1.54) is 38.5 Å². The van der Waals surface area contributed by atoms with Crippen molar-refractivity contribution in [2.75, 3.05) is 13.6 Å². The zero-order valence-electron chi connectivity index (χ0n) is 10.7. The quantitative estimate of drug-likeness (QED) is 0.733. The molecule has 0 heterocycles. The highest BCUT2D eigenvalue weighted by Gasteiger charge is 2.24. The Hall–Kier alpha value is -0.0800. The SMILES string of the molecule is CCC(CC)N(C)CC(N)C1CCCC1. The van der Waals surface area contributed by atoms with Gasteiger partial charge in [-0.25, -0.2) is 0 Å². The second-order valence-corrected chi connectivity index (χ2v) is 5.12. The van der Waals surface area contributed by atoms with Gasteiger partial charge in [0.1, 0.15) is 0 Å². The van der Waals surface area contributed by atoms with Gasteiger partial charge < -0.3 is 10.6 Å². The normalized spacial score (nSPS) is 20.4. The van der Waals surface area contributed by atoms with Crippen molar-refractivity contribution in [3.63, 3.8) is 0 Å². The predicted octanol–water partition coefficient (Wildman–Crippen LogP) is 2.62. The molecular weight excluding hydrogens is 184 g/mol. The van der Waals surface area contributed by atoms with Crippen molar-refractivity contribution in [3.05, 3.63) is 0 Å². The van der Waals surface area contributed by atoms with Crippen molar-refractivity contribution in [3.8, 4) is 0 Å². The Labute approximate surface area is 95.2 Å². The van der Waals surface area contributed by atoms with Gasteiger partial charge in [0.15, 0.2) is 0 Å². The van der Waals surface area contributed by atoms with Crippen molar-refractivity contribution in [1.29, 1.82) is 0 Å². The van der Waals surface area contributed by atoms with Crippen LogP contribution in [0.3, 0.4) is 0 Å². The summed E-state index contributed by atoms with van der Waals surface area (Å²) in [5.74, 6) is 0.793. The fourth-order valence-corrected chi connectivity index (χ4v) is 2.93. The van der Waals surface area contributed by atoms with Gasteiger partial charge in [0, 0.05) is 18.6 Å². The van der Waals surface area contributed by atoms with Gasteiger partial charge in [-0.05, 0) is 38.6 Å². The topological polar surface area (TPSA) is 29.3 Å². The van der Waals surface area contributed by atoms with Gasteiger partial charge >= 0.3 is 0 Å². The zero-order chi connectivity index (χ0) is 11.3. The van der Waals surface area contributed by atoms with E-state index in [0.29, 0.717) is 6.04 Å². The molecule has 0 amide bonds. The van der Waals surface area contributed by atoms with Crippen LogP contribution in [0.4, 0.5) is 0 Å². The summed E-state index contributed by atoms with van der Waals surface area (Å²) >= 11 is 0. The second-order valence-electron chi connectivity index (χ2n) is 5.12. The Bertz CT molecular complexity index is 154. The summed E-state index contributed by atoms with van der Waals surface area (Å²) in [6.07, 6.45) is 7.99. The molecule has 0 bridgehead atoms. The first-order valence-electron chi connectivity index (χ1n) is 6.64. The molecule has 2 nitrogen and oxygen atoms in total. The Balaban J connectivity index is 2.32. The number of nitrogens with two attached hydrogens (primary N) is 1. The fourth-order valence-electron chi connectivity index (χ4n) is 2.93. The van der Waals surface area contributed by atoms with Crippen LogP contribution in [0.5, 0.6) is 0 Å². The number of hydrogen-bond acceptors (Lipinski definition) is 2. The summed E-state index contributed by atoms with van der Waals surface area (Å²) in [4.78, 5) is 2.46. The van der Waals surface area contributed by atoms with E-state index in [2.05, 4.69) is 25.8 Å². The summed E-state index contributed by atoms with van der Waals surface area (Å²) in [5, 5.41) is 0. The number of likely N-dealkylation sites (N-methyl/N-ethyl adjacent to an activating group) is 1. The highest BCUT2D eigenvalue weighted by Crippen LogP contribution is 2.27. The van der Waals surface area contributed by atoms with Crippen LogP contribution < -0.4 is 5.73 Å². The van der Waals surface area contributed by atoms with Crippen LogP contribution in [-0.2, 0) is 0 Å². The van der Waals surface area contributed by atoms with Crippen molar-refractivity contribution in [2.24, 2.45) is 11.7 Å². The van der Waals surface area contributed by atoms with E-state index in [9.17, 15) is 0 Å². The van der Waals surface area contributed by atoms with Crippen molar-refractivity contribution in [1.82, 2.24) is 4.90 Å². The van der Waals surface area contributed by atoms with Crippen LogP contribution in [0.25, 0.3) is 0 Å². The van der Waals surface area contributed by atoms with Crippen LogP contribution in [0.1, 0.15) is 52.4 Å². The van der Waals surface area contributed by atoms with Gasteiger partial charge in [0.25, 0.3) is 0 Å². The minimum atomic E-state index is 0.401. The fraction of sp³-hybridized carbons (Fsp3) is 1.00. The van der Waals surface area contributed by atoms with Gasteiger partial charge in [-0.1, -0.05) is 26.7 Å². The van der Waals surface area contributed by atoms with Crippen molar-refractivity contribution >= 4 is 0 Å². The van der Waals surface area contributed by atoms with Gasteiger partial charge in [0.2, 0.25) is 0 Å². The minimum Gasteiger partial charge on any atom is -0.326 e. The molecule has 1 aliphatic rings. The molecule has 90 valence electrons. The highest BCUT2D eigenvalue weighted by molar-refractivity contribution is 4.81. The first kappa shape index (κ1) is 13.0. The molecule has 0 aliphatic heterocycles. The monoisotopic (exact) mass is 212 g/mol. The molecule has 1 fully saturated rings. The molecule has 2 N–H and O–H groups in total. The van der Waals surface area contributed by atoms with Gasteiger partial charge in [0.05, 0.1) is 0 Å². The molecule has 1 aliphatic carbocycles. The maximum Gasteiger partial charge on any atom is 0.0196 e. The largest absolute Gasteiger partial charge is 0.326 e. The lowest BCUT2D eigenvalue weighted by atomic mass is 9.98. The first-order valence-corrected chi connectivity index (χ1v) is 6.64. The van der Waals surface area contributed by atoms with E-state index in [1.807, 2.05) is 0 Å². The molecular formula is C13H28N2. The lowest BCUT2D eigenvalue weighted by Gasteiger charge is -2.30. The molecule has 0 saturated heterocycles. The number of rotatable bonds is 6. The Morgan fingerprint density at radius 1 is 1.20 bits per heavy atom. The Morgan fingerprint density at radius 2 is 1.73 bits per heavy atom. The predicted molar refractivity (Wildman–Crippen MR) is 66.9 cm³/mol. The lowest BCUT2D eigenvalue weighted by molar-refractivity contribution is 0.197. The maximum absolute atomic E-state index is 6.29. The van der Waals surface area contributed by atoms with Gasteiger partial charge in [-0.3, -0.25) is 0 Å². The van der Waals surface area contributed by atoms with E-state index < -0.39 is 0 Å². The third-order valence-corrected chi connectivity index (χ3v) is 4.07. The molecule has 15 heavy (non-hydrogen) atoms. The number of nitrogens with zero attached hydrogens (tertiary/aromatic N) is 1. The van der Waals surface area contributed by atoms with Gasteiger partial charge in [-0.2, -0.15) is 0 Å². The third kappa shape index (κ3) is 3.76. The molecule has 0 radical (unpaired) electrons. The standard InChI is InChI=1S/C13H28N2/c1-4-12(5-2)15(3)10-13(14)11-8-6-7-9-11/h11-13H,4-10,14H2,1-3H3. The molecule has 1 saturated carbocycles. The Kier molecular flexibility index (Phi) is 5.62. The molecule has 1 rings (SSSR count). The zero-order valence-corrected chi connectivity index (χ0v) is 10.7. The summed E-state index contributed by atoms with van der Waals surface area (Å²) < 4.78 is 0. The molecule has 2 heteroatoms.